The Hall–Kier alpha value is -3.12. The van der Waals surface area contributed by atoms with Gasteiger partial charge in [0.2, 0.25) is 6.20 Å². The molecule has 0 aliphatic rings. The summed E-state index contributed by atoms with van der Waals surface area (Å²) >= 11 is 3.44. The Morgan fingerprint density at radius 3 is 1.86 bits per heavy atom. The van der Waals surface area contributed by atoms with Crippen molar-refractivity contribution in [3.05, 3.63) is 110 Å². The molecule has 0 saturated heterocycles. The van der Waals surface area contributed by atoms with Crippen molar-refractivity contribution >= 4 is 22.0 Å². The minimum Gasteiger partial charge on any atom is -0.485 e. The summed E-state index contributed by atoms with van der Waals surface area (Å²) in [6, 6.07) is 23.1. The van der Waals surface area contributed by atoms with Crippen LogP contribution in [0.2, 0.25) is 0 Å². The highest BCUT2D eigenvalue weighted by Crippen LogP contribution is 2.35. The molecule has 0 unspecified atom stereocenters. The standard InChI is InChI=1S/C22H18BrNO4/c23-20-14-22(28-16-18-9-5-2-6-10-18)21(13-19(20)11-12-24(25)26)27-15-17-7-3-1-4-8-17/h1-14H,15-16H2. The molecule has 0 heterocycles. The van der Waals surface area contributed by atoms with Crippen molar-refractivity contribution < 1.29 is 14.4 Å². The summed E-state index contributed by atoms with van der Waals surface area (Å²) in [7, 11) is 0. The monoisotopic (exact) mass is 439 g/mol. The molecule has 0 aromatic heterocycles. The van der Waals surface area contributed by atoms with E-state index in [4.69, 9.17) is 9.47 Å². The Kier molecular flexibility index (Phi) is 6.81. The van der Waals surface area contributed by atoms with E-state index in [0.717, 1.165) is 17.3 Å². The Balaban J connectivity index is 1.84. The van der Waals surface area contributed by atoms with E-state index in [9.17, 15) is 10.1 Å². The van der Waals surface area contributed by atoms with Crippen molar-refractivity contribution in [1.82, 2.24) is 0 Å². The fourth-order valence-corrected chi connectivity index (χ4v) is 2.97. The highest BCUT2D eigenvalue weighted by Gasteiger charge is 2.11. The zero-order chi connectivity index (χ0) is 19.8. The van der Waals surface area contributed by atoms with Gasteiger partial charge in [0.05, 0.1) is 4.92 Å². The zero-order valence-corrected chi connectivity index (χ0v) is 16.5. The number of nitro groups is 1. The van der Waals surface area contributed by atoms with Crippen LogP contribution in [0.15, 0.2) is 83.5 Å². The summed E-state index contributed by atoms with van der Waals surface area (Å²) in [5, 5.41) is 10.7. The Bertz CT molecular complexity index is 959. The second-order valence-corrected chi connectivity index (χ2v) is 6.82. The number of rotatable bonds is 8. The maximum absolute atomic E-state index is 10.7. The number of benzene rings is 3. The van der Waals surface area contributed by atoms with E-state index in [1.807, 2.05) is 60.7 Å². The summed E-state index contributed by atoms with van der Waals surface area (Å²) in [6.07, 6.45) is 2.31. The van der Waals surface area contributed by atoms with Crippen molar-refractivity contribution in [2.45, 2.75) is 13.2 Å². The molecule has 0 amide bonds. The first kappa shape index (κ1) is 19.6. The minimum atomic E-state index is -0.503. The van der Waals surface area contributed by atoms with Gasteiger partial charge in [0.1, 0.15) is 13.2 Å². The average molecular weight is 440 g/mol. The van der Waals surface area contributed by atoms with Gasteiger partial charge in [-0.2, -0.15) is 0 Å². The third-order valence-electron chi connectivity index (χ3n) is 3.91. The maximum atomic E-state index is 10.7. The van der Waals surface area contributed by atoms with Crippen molar-refractivity contribution in [1.29, 1.82) is 0 Å². The van der Waals surface area contributed by atoms with Gasteiger partial charge in [-0.1, -0.05) is 76.6 Å². The molecule has 6 heteroatoms. The first-order valence-corrected chi connectivity index (χ1v) is 9.40. The molecule has 0 bridgehead atoms. The fraction of sp³-hybridized carbons (Fsp3) is 0.0909. The summed E-state index contributed by atoms with van der Waals surface area (Å²) < 4.78 is 12.6. The summed E-state index contributed by atoms with van der Waals surface area (Å²) in [6.45, 7) is 0.752. The topological polar surface area (TPSA) is 61.6 Å². The molecule has 0 aliphatic heterocycles. The molecule has 0 N–H and O–H groups in total. The van der Waals surface area contributed by atoms with E-state index < -0.39 is 4.92 Å². The Labute approximate surface area is 171 Å². The lowest BCUT2D eigenvalue weighted by Crippen LogP contribution is -2.01. The van der Waals surface area contributed by atoms with Crippen LogP contribution >= 0.6 is 15.9 Å². The van der Waals surface area contributed by atoms with Crippen molar-refractivity contribution in [2.75, 3.05) is 0 Å². The molecule has 3 aromatic rings. The third-order valence-corrected chi connectivity index (χ3v) is 4.60. The molecule has 0 fully saturated rings. The molecule has 5 nitrogen and oxygen atoms in total. The highest BCUT2D eigenvalue weighted by atomic mass is 79.9. The van der Waals surface area contributed by atoms with Gasteiger partial charge in [0.25, 0.3) is 0 Å². The normalized spacial score (nSPS) is 10.8. The van der Waals surface area contributed by atoms with Crippen LogP contribution in [0.25, 0.3) is 6.08 Å². The zero-order valence-electron chi connectivity index (χ0n) is 15.0. The fourth-order valence-electron chi connectivity index (χ4n) is 2.52. The molecule has 0 radical (unpaired) electrons. The van der Waals surface area contributed by atoms with E-state index in [1.54, 1.807) is 12.1 Å². The van der Waals surface area contributed by atoms with Gasteiger partial charge in [0.15, 0.2) is 11.5 Å². The molecule has 3 aromatic carbocycles. The van der Waals surface area contributed by atoms with Crippen LogP contribution in [-0.4, -0.2) is 4.92 Å². The Morgan fingerprint density at radius 2 is 1.36 bits per heavy atom. The smallest absolute Gasteiger partial charge is 0.235 e. The molecule has 0 saturated carbocycles. The van der Waals surface area contributed by atoms with Crippen LogP contribution in [0.3, 0.4) is 0 Å². The lowest BCUT2D eigenvalue weighted by Gasteiger charge is -2.15. The average Bonchev–Trinajstić information content (AvgIpc) is 2.72. The van der Waals surface area contributed by atoms with Gasteiger partial charge < -0.3 is 9.47 Å². The number of hydrogen-bond donors (Lipinski definition) is 0. The molecule has 0 aliphatic carbocycles. The van der Waals surface area contributed by atoms with Gasteiger partial charge in [-0.3, -0.25) is 10.1 Å². The number of ether oxygens (including phenoxy) is 2. The molecule has 28 heavy (non-hydrogen) atoms. The first-order chi connectivity index (χ1) is 13.6. The lowest BCUT2D eigenvalue weighted by atomic mass is 10.2. The largest absolute Gasteiger partial charge is 0.485 e. The number of halogens is 1. The summed E-state index contributed by atoms with van der Waals surface area (Å²) in [5.41, 5.74) is 2.68. The maximum Gasteiger partial charge on any atom is 0.235 e. The van der Waals surface area contributed by atoms with Crippen molar-refractivity contribution in [3.63, 3.8) is 0 Å². The number of hydrogen-bond acceptors (Lipinski definition) is 4. The van der Waals surface area contributed by atoms with E-state index in [2.05, 4.69) is 15.9 Å². The predicted octanol–water partition coefficient (Wildman–Crippen LogP) is 5.85. The SMILES string of the molecule is O=[N+]([O-])C=Cc1cc(OCc2ccccc2)c(OCc2ccccc2)cc1Br. The van der Waals surface area contributed by atoms with Gasteiger partial charge in [-0.25, -0.2) is 0 Å². The molecule has 142 valence electrons. The number of nitrogens with zero attached hydrogens (tertiary/aromatic N) is 1. The second kappa shape index (κ2) is 9.71. The van der Waals surface area contributed by atoms with Crippen LogP contribution in [0.4, 0.5) is 0 Å². The molecule has 0 spiro atoms. The van der Waals surface area contributed by atoms with Gasteiger partial charge in [0, 0.05) is 10.5 Å². The van der Waals surface area contributed by atoms with Gasteiger partial charge in [-0.15, -0.1) is 0 Å². The third kappa shape index (κ3) is 5.69. The van der Waals surface area contributed by atoms with E-state index in [1.165, 1.54) is 6.08 Å². The van der Waals surface area contributed by atoms with E-state index in [0.29, 0.717) is 34.7 Å². The minimum absolute atomic E-state index is 0.364. The molecular weight excluding hydrogens is 422 g/mol. The quantitative estimate of drug-likeness (QED) is 0.326. The molecule has 0 atom stereocenters. The second-order valence-electron chi connectivity index (χ2n) is 5.97. The van der Waals surface area contributed by atoms with E-state index in [-0.39, 0.29) is 0 Å². The van der Waals surface area contributed by atoms with Crippen LogP contribution in [-0.2, 0) is 13.2 Å². The lowest BCUT2D eigenvalue weighted by molar-refractivity contribution is -0.400. The van der Waals surface area contributed by atoms with E-state index >= 15 is 0 Å². The first-order valence-electron chi connectivity index (χ1n) is 8.60. The van der Waals surface area contributed by atoms with Crippen LogP contribution in [0.5, 0.6) is 11.5 Å². The molecule has 3 rings (SSSR count). The highest BCUT2D eigenvalue weighted by molar-refractivity contribution is 9.10. The molecular formula is C22H18BrNO4. The summed E-state index contributed by atoms with van der Waals surface area (Å²) in [5.74, 6) is 1.08. The Morgan fingerprint density at radius 1 is 0.857 bits per heavy atom. The van der Waals surface area contributed by atoms with Gasteiger partial charge in [-0.05, 0) is 28.8 Å². The predicted molar refractivity (Wildman–Crippen MR) is 112 cm³/mol. The van der Waals surface area contributed by atoms with Crippen LogP contribution in [0, 0.1) is 10.1 Å². The van der Waals surface area contributed by atoms with Crippen molar-refractivity contribution in [2.24, 2.45) is 0 Å². The van der Waals surface area contributed by atoms with Crippen molar-refractivity contribution in [3.8, 4) is 11.5 Å². The van der Waals surface area contributed by atoms with Crippen LogP contribution in [0.1, 0.15) is 16.7 Å². The van der Waals surface area contributed by atoms with Gasteiger partial charge >= 0.3 is 0 Å². The van der Waals surface area contributed by atoms with Crippen LogP contribution < -0.4 is 9.47 Å². The summed E-state index contributed by atoms with van der Waals surface area (Å²) in [4.78, 5) is 10.2.